The van der Waals surface area contributed by atoms with Gasteiger partial charge in [0.25, 0.3) is 11.6 Å². The number of likely N-dealkylation sites (tertiary alicyclic amines) is 1. The Labute approximate surface area is 111 Å². The highest BCUT2D eigenvalue weighted by Gasteiger charge is 2.31. The number of benzene rings is 1. The first-order valence-corrected chi connectivity index (χ1v) is 6.39. The van der Waals surface area contributed by atoms with Crippen LogP contribution >= 0.6 is 0 Å². The molecule has 2 rings (SSSR count). The Bertz CT molecular complexity index is 516. The molecule has 1 unspecified atom stereocenters. The maximum atomic E-state index is 12.5. The normalized spacial score (nSPS) is 18.6. The van der Waals surface area contributed by atoms with Crippen LogP contribution in [0.5, 0.6) is 0 Å². The first kappa shape index (κ1) is 13.3. The summed E-state index contributed by atoms with van der Waals surface area (Å²) < 4.78 is 0. The summed E-state index contributed by atoms with van der Waals surface area (Å²) in [4.78, 5) is 24.6. The van der Waals surface area contributed by atoms with Crippen molar-refractivity contribution in [2.24, 2.45) is 0 Å². The average molecular weight is 263 g/mol. The predicted octanol–water partition coefficient (Wildman–Crippen LogP) is 2.19. The second kappa shape index (κ2) is 5.26. The molecule has 0 spiro atoms. The second-order valence-electron chi connectivity index (χ2n) is 4.74. The van der Waals surface area contributed by atoms with E-state index in [0.29, 0.717) is 12.2 Å². The molecule has 1 fully saturated rings. The third-order valence-corrected chi connectivity index (χ3v) is 3.56. The smallest absolute Gasteiger partial charge is 0.282 e. The topological polar surface area (TPSA) is 89.5 Å². The van der Waals surface area contributed by atoms with E-state index in [1.165, 1.54) is 18.2 Å². The van der Waals surface area contributed by atoms with Crippen LogP contribution in [0.2, 0.25) is 0 Å². The van der Waals surface area contributed by atoms with Gasteiger partial charge in [0.1, 0.15) is 5.56 Å². The number of nitro benzene ring substituents is 1. The number of nitrogens with zero attached hydrogens (tertiary/aromatic N) is 2. The van der Waals surface area contributed by atoms with E-state index in [4.69, 9.17) is 5.73 Å². The number of hydrogen-bond donors (Lipinski definition) is 1. The highest BCUT2D eigenvalue weighted by atomic mass is 16.6. The molecule has 1 aliphatic rings. The summed E-state index contributed by atoms with van der Waals surface area (Å²) in [5.74, 6) is -0.289. The van der Waals surface area contributed by atoms with E-state index < -0.39 is 4.92 Å². The third-order valence-electron chi connectivity index (χ3n) is 3.56. The molecule has 0 radical (unpaired) electrons. The van der Waals surface area contributed by atoms with Gasteiger partial charge in [0.05, 0.1) is 4.92 Å². The summed E-state index contributed by atoms with van der Waals surface area (Å²) >= 11 is 0. The molecule has 1 heterocycles. The van der Waals surface area contributed by atoms with Crippen molar-refractivity contribution in [3.8, 4) is 0 Å². The van der Waals surface area contributed by atoms with Crippen LogP contribution in [0.3, 0.4) is 0 Å². The van der Waals surface area contributed by atoms with Crippen molar-refractivity contribution in [1.82, 2.24) is 4.90 Å². The fraction of sp³-hybridized carbons (Fsp3) is 0.462. The summed E-state index contributed by atoms with van der Waals surface area (Å²) in [6.45, 7) is 2.67. The monoisotopic (exact) mass is 263 g/mol. The molecular weight excluding hydrogens is 246 g/mol. The van der Waals surface area contributed by atoms with Gasteiger partial charge in [-0.3, -0.25) is 14.9 Å². The predicted molar refractivity (Wildman–Crippen MR) is 71.9 cm³/mol. The van der Waals surface area contributed by atoms with E-state index in [1.807, 2.05) is 6.92 Å². The zero-order chi connectivity index (χ0) is 14.0. The van der Waals surface area contributed by atoms with Gasteiger partial charge in [-0.2, -0.15) is 0 Å². The van der Waals surface area contributed by atoms with Crippen molar-refractivity contribution >= 4 is 17.3 Å². The number of nitrogen functional groups attached to an aromatic ring is 1. The van der Waals surface area contributed by atoms with Gasteiger partial charge < -0.3 is 10.6 Å². The van der Waals surface area contributed by atoms with Crippen LogP contribution in [0.4, 0.5) is 11.4 Å². The van der Waals surface area contributed by atoms with Crippen LogP contribution in [0.25, 0.3) is 0 Å². The summed E-state index contributed by atoms with van der Waals surface area (Å²) in [5, 5.41) is 11.0. The van der Waals surface area contributed by atoms with Crippen LogP contribution in [-0.2, 0) is 0 Å². The van der Waals surface area contributed by atoms with E-state index in [9.17, 15) is 14.9 Å². The van der Waals surface area contributed by atoms with E-state index in [1.54, 1.807) is 4.90 Å². The fourth-order valence-corrected chi connectivity index (χ4v) is 2.57. The van der Waals surface area contributed by atoms with E-state index in [2.05, 4.69) is 0 Å². The van der Waals surface area contributed by atoms with E-state index in [0.717, 1.165) is 19.3 Å². The van der Waals surface area contributed by atoms with Gasteiger partial charge >= 0.3 is 0 Å². The lowest BCUT2D eigenvalue weighted by Gasteiger charge is -2.23. The van der Waals surface area contributed by atoms with Crippen molar-refractivity contribution in [2.75, 3.05) is 12.3 Å². The minimum absolute atomic E-state index is 0.0883. The first-order valence-electron chi connectivity index (χ1n) is 6.39. The van der Waals surface area contributed by atoms with Gasteiger partial charge in [0.15, 0.2) is 0 Å². The molecular formula is C13H17N3O3. The van der Waals surface area contributed by atoms with Gasteiger partial charge in [0, 0.05) is 24.3 Å². The maximum Gasteiger partial charge on any atom is 0.282 e. The van der Waals surface area contributed by atoms with Crippen molar-refractivity contribution in [1.29, 1.82) is 0 Å². The number of amides is 1. The Hall–Kier alpha value is -2.11. The van der Waals surface area contributed by atoms with Crippen LogP contribution in [0.15, 0.2) is 18.2 Å². The first-order chi connectivity index (χ1) is 9.04. The number of nitrogens with two attached hydrogens (primary N) is 1. The molecule has 0 aromatic heterocycles. The highest BCUT2D eigenvalue weighted by Crippen LogP contribution is 2.27. The summed E-state index contributed by atoms with van der Waals surface area (Å²) in [7, 11) is 0. The maximum absolute atomic E-state index is 12.5. The Balaban J connectivity index is 2.37. The molecule has 0 bridgehead atoms. The summed E-state index contributed by atoms with van der Waals surface area (Å²) in [6.07, 6.45) is 2.76. The fourth-order valence-electron chi connectivity index (χ4n) is 2.57. The number of anilines is 1. The van der Waals surface area contributed by atoms with E-state index in [-0.39, 0.29) is 23.2 Å². The number of hydrogen-bond acceptors (Lipinski definition) is 4. The number of rotatable bonds is 3. The van der Waals surface area contributed by atoms with Crippen molar-refractivity contribution < 1.29 is 9.72 Å². The molecule has 102 valence electrons. The van der Waals surface area contributed by atoms with Crippen molar-refractivity contribution in [3.63, 3.8) is 0 Å². The van der Waals surface area contributed by atoms with Crippen LogP contribution < -0.4 is 5.73 Å². The molecule has 1 aromatic rings. The molecule has 6 nitrogen and oxygen atoms in total. The molecule has 2 N–H and O–H groups in total. The molecule has 1 saturated heterocycles. The van der Waals surface area contributed by atoms with Crippen LogP contribution in [0, 0.1) is 10.1 Å². The lowest BCUT2D eigenvalue weighted by molar-refractivity contribution is -0.385. The van der Waals surface area contributed by atoms with Crippen LogP contribution in [0.1, 0.15) is 36.5 Å². The quantitative estimate of drug-likeness (QED) is 0.514. The minimum Gasteiger partial charge on any atom is -0.399 e. The Morgan fingerprint density at radius 3 is 2.95 bits per heavy atom. The number of carbonyl (C=O) groups excluding carboxylic acids is 1. The van der Waals surface area contributed by atoms with Gasteiger partial charge in [-0.05, 0) is 31.4 Å². The molecule has 0 saturated carbocycles. The SMILES string of the molecule is CCC1CCCN1C(=O)c1cc(N)ccc1[N+](=O)[O-]. The molecule has 1 aromatic carbocycles. The Morgan fingerprint density at radius 1 is 1.58 bits per heavy atom. The summed E-state index contributed by atoms with van der Waals surface area (Å²) in [5.41, 5.74) is 5.91. The van der Waals surface area contributed by atoms with Gasteiger partial charge in [0.2, 0.25) is 0 Å². The third kappa shape index (κ3) is 2.52. The standard InChI is InChI=1S/C13H17N3O3/c1-2-10-4-3-7-15(10)13(17)11-8-9(14)5-6-12(11)16(18)19/h5-6,8,10H,2-4,7,14H2,1H3. The molecule has 19 heavy (non-hydrogen) atoms. The molecule has 0 aliphatic carbocycles. The minimum atomic E-state index is -0.538. The molecule has 6 heteroatoms. The van der Waals surface area contributed by atoms with Gasteiger partial charge in [-0.15, -0.1) is 0 Å². The average Bonchev–Trinajstić information content (AvgIpc) is 2.85. The Kier molecular flexibility index (Phi) is 3.69. The lowest BCUT2D eigenvalue weighted by atomic mass is 10.1. The van der Waals surface area contributed by atoms with Gasteiger partial charge in [-0.1, -0.05) is 6.92 Å². The lowest BCUT2D eigenvalue weighted by Crippen LogP contribution is -2.35. The van der Waals surface area contributed by atoms with Crippen molar-refractivity contribution in [2.45, 2.75) is 32.2 Å². The molecule has 1 atom stereocenters. The zero-order valence-electron chi connectivity index (χ0n) is 10.8. The van der Waals surface area contributed by atoms with E-state index >= 15 is 0 Å². The van der Waals surface area contributed by atoms with Crippen molar-refractivity contribution in [3.05, 3.63) is 33.9 Å². The molecule has 1 amide bonds. The second-order valence-corrected chi connectivity index (χ2v) is 4.74. The largest absolute Gasteiger partial charge is 0.399 e. The Morgan fingerprint density at radius 2 is 2.32 bits per heavy atom. The zero-order valence-corrected chi connectivity index (χ0v) is 10.8. The summed E-state index contributed by atoms with van der Waals surface area (Å²) in [6, 6.07) is 4.30. The number of carbonyl (C=O) groups is 1. The van der Waals surface area contributed by atoms with Crippen LogP contribution in [-0.4, -0.2) is 28.3 Å². The molecule has 1 aliphatic heterocycles. The number of nitro groups is 1. The highest BCUT2D eigenvalue weighted by molar-refractivity contribution is 5.99. The van der Waals surface area contributed by atoms with Gasteiger partial charge in [-0.25, -0.2) is 0 Å².